The van der Waals surface area contributed by atoms with E-state index in [9.17, 15) is 9.59 Å². The molecule has 0 aliphatic rings. The van der Waals surface area contributed by atoms with E-state index >= 15 is 0 Å². The third kappa shape index (κ3) is 2.56. The highest BCUT2D eigenvalue weighted by molar-refractivity contribution is 7.20. The third-order valence-electron chi connectivity index (χ3n) is 3.19. The van der Waals surface area contributed by atoms with Crippen molar-refractivity contribution in [3.8, 4) is 0 Å². The van der Waals surface area contributed by atoms with Gasteiger partial charge < -0.3 is 10.4 Å². The summed E-state index contributed by atoms with van der Waals surface area (Å²) in [7, 11) is 0. The second-order valence-corrected chi connectivity index (χ2v) is 6.18. The lowest BCUT2D eigenvalue weighted by Crippen LogP contribution is -2.13. The molecule has 0 unspecified atom stereocenters. The number of benzene rings is 2. The van der Waals surface area contributed by atoms with E-state index in [0.29, 0.717) is 9.21 Å². The minimum atomic E-state index is -1.09. The number of carbonyl (C=O) groups is 2. The number of carboxylic acid groups (broad SMARTS) is 1. The smallest absolute Gasteiger partial charge is 0.337 e. The number of hydrogen-bond donors (Lipinski definition) is 2. The van der Waals surface area contributed by atoms with Crippen LogP contribution in [0.4, 0.5) is 5.69 Å². The molecule has 1 amide bonds. The van der Waals surface area contributed by atoms with E-state index in [1.165, 1.54) is 17.4 Å². The van der Waals surface area contributed by atoms with Gasteiger partial charge in [0, 0.05) is 10.8 Å². The van der Waals surface area contributed by atoms with E-state index in [2.05, 4.69) is 5.32 Å². The van der Waals surface area contributed by atoms with Gasteiger partial charge in [0.05, 0.1) is 11.3 Å². The van der Waals surface area contributed by atoms with Crippen LogP contribution in [0, 0.1) is 0 Å². The highest BCUT2D eigenvalue weighted by Crippen LogP contribution is 2.35. The summed E-state index contributed by atoms with van der Waals surface area (Å²) in [6.45, 7) is 0. The minimum absolute atomic E-state index is 0.0443. The zero-order valence-electron chi connectivity index (χ0n) is 11.2. The molecule has 0 aliphatic heterocycles. The summed E-state index contributed by atoms with van der Waals surface area (Å²) in [5.41, 5.74) is 0.302. The Kier molecular flexibility index (Phi) is 3.83. The molecule has 0 atom stereocenters. The molecule has 4 nitrogen and oxygen atoms in total. The third-order valence-corrected chi connectivity index (χ3v) is 4.63. The molecule has 3 aromatic rings. The van der Waals surface area contributed by atoms with Gasteiger partial charge in [-0.3, -0.25) is 4.79 Å². The number of carboxylic acids is 1. The lowest BCUT2D eigenvalue weighted by molar-refractivity contribution is 0.0698. The summed E-state index contributed by atoms with van der Waals surface area (Å²) in [5, 5.41) is 13.4. The van der Waals surface area contributed by atoms with Crippen LogP contribution in [0.1, 0.15) is 20.0 Å². The molecular weight excluding hydrogens is 322 g/mol. The van der Waals surface area contributed by atoms with Crippen LogP contribution in [0.3, 0.4) is 0 Å². The average molecular weight is 332 g/mol. The first-order chi connectivity index (χ1) is 10.6. The first-order valence-electron chi connectivity index (χ1n) is 6.38. The number of thiophene rings is 1. The number of fused-ring (bicyclic) bond motifs is 1. The quantitative estimate of drug-likeness (QED) is 0.742. The molecule has 0 radical (unpaired) electrons. The molecule has 2 aromatic carbocycles. The second kappa shape index (κ2) is 5.79. The maximum Gasteiger partial charge on any atom is 0.337 e. The highest BCUT2D eigenvalue weighted by atomic mass is 35.5. The minimum Gasteiger partial charge on any atom is -0.478 e. The Morgan fingerprint density at radius 1 is 1.00 bits per heavy atom. The van der Waals surface area contributed by atoms with Crippen molar-refractivity contribution in [2.24, 2.45) is 0 Å². The summed E-state index contributed by atoms with van der Waals surface area (Å²) in [6.07, 6.45) is 0. The number of rotatable bonds is 3. The van der Waals surface area contributed by atoms with Crippen LogP contribution < -0.4 is 5.32 Å². The van der Waals surface area contributed by atoms with Gasteiger partial charge in [-0.25, -0.2) is 4.79 Å². The van der Waals surface area contributed by atoms with Crippen LogP contribution in [0.5, 0.6) is 0 Å². The molecular formula is C16H10ClNO3S. The van der Waals surface area contributed by atoms with Crippen molar-refractivity contribution in [2.75, 3.05) is 5.32 Å². The Hall–Kier alpha value is -2.37. The largest absolute Gasteiger partial charge is 0.478 e. The number of carbonyl (C=O) groups excluding carboxylic acids is 1. The standard InChI is InChI=1S/C16H10ClNO3S/c17-14-10-6-2-1-5-9(10)13(22-14)15(19)18-12-8-4-3-7-11(12)16(20)21/h1-8H,(H,18,19)(H,20,21). The molecule has 0 fully saturated rings. The molecule has 0 saturated carbocycles. The van der Waals surface area contributed by atoms with Gasteiger partial charge >= 0.3 is 5.97 Å². The monoisotopic (exact) mass is 331 g/mol. The van der Waals surface area contributed by atoms with Gasteiger partial charge in [-0.05, 0) is 12.1 Å². The second-order valence-electron chi connectivity index (χ2n) is 4.56. The molecule has 3 rings (SSSR count). The molecule has 0 spiro atoms. The summed E-state index contributed by atoms with van der Waals surface area (Å²) in [4.78, 5) is 24.1. The Bertz CT molecular complexity index is 888. The maximum absolute atomic E-state index is 12.5. The fraction of sp³-hybridized carbons (Fsp3) is 0. The topological polar surface area (TPSA) is 66.4 Å². The first-order valence-corrected chi connectivity index (χ1v) is 7.58. The molecule has 0 bridgehead atoms. The molecule has 0 aliphatic carbocycles. The van der Waals surface area contributed by atoms with Gasteiger partial charge in [-0.15, -0.1) is 11.3 Å². The van der Waals surface area contributed by atoms with Crippen molar-refractivity contribution in [2.45, 2.75) is 0 Å². The van der Waals surface area contributed by atoms with Crippen LogP contribution in [-0.4, -0.2) is 17.0 Å². The number of halogens is 1. The van der Waals surface area contributed by atoms with Crippen molar-refractivity contribution in [3.05, 3.63) is 63.3 Å². The normalized spacial score (nSPS) is 10.6. The summed E-state index contributed by atoms with van der Waals surface area (Å²) >= 11 is 7.33. The number of para-hydroxylation sites is 1. The van der Waals surface area contributed by atoms with Crippen molar-refractivity contribution >= 4 is 51.3 Å². The average Bonchev–Trinajstić information content (AvgIpc) is 2.85. The number of aromatic carboxylic acids is 1. The zero-order valence-corrected chi connectivity index (χ0v) is 12.7. The first kappa shape index (κ1) is 14.6. The molecule has 0 saturated heterocycles. The Morgan fingerprint density at radius 3 is 2.36 bits per heavy atom. The van der Waals surface area contributed by atoms with Gasteiger partial charge in [0.25, 0.3) is 5.91 Å². The molecule has 2 N–H and O–H groups in total. The van der Waals surface area contributed by atoms with Crippen LogP contribution >= 0.6 is 22.9 Å². The molecule has 22 heavy (non-hydrogen) atoms. The molecule has 110 valence electrons. The molecule has 1 heterocycles. The maximum atomic E-state index is 12.5. The van der Waals surface area contributed by atoms with Gasteiger partial charge in [0.15, 0.2) is 0 Å². The number of hydrogen-bond acceptors (Lipinski definition) is 3. The van der Waals surface area contributed by atoms with Crippen LogP contribution in [0.25, 0.3) is 10.8 Å². The SMILES string of the molecule is O=C(O)c1ccccc1NC(=O)c1sc(Cl)c2ccccc12. The van der Waals surface area contributed by atoms with Crippen LogP contribution in [0.2, 0.25) is 4.34 Å². The predicted octanol–water partition coefficient (Wildman–Crippen LogP) is 4.51. The highest BCUT2D eigenvalue weighted by Gasteiger charge is 2.18. The van der Waals surface area contributed by atoms with E-state index < -0.39 is 5.97 Å². The van der Waals surface area contributed by atoms with E-state index in [1.54, 1.807) is 18.2 Å². The van der Waals surface area contributed by atoms with Gasteiger partial charge in [-0.2, -0.15) is 0 Å². The van der Waals surface area contributed by atoms with Crippen molar-refractivity contribution in [1.29, 1.82) is 0 Å². The number of anilines is 1. The molecule has 6 heteroatoms. The van der Waals surface area contributed by atoms with Crippen molar-refractivity contribution in [1.82, 2.24) is 0 Å². The fourth-order valence-electron chi connectivity index (χ4n) is 2.18. The van der Waals surface area contributed by atoms with E-state index in [1.807, 2.05) is 24.3 Å². The Labute approximate surface area is 135 Å². The van der Waals surface area contributed by atoms with E-state index in [-0.39, 0.29) is 17.2 Å². The van der Waals surface area contributed by atoms with Gasteiger partial charge in [0.2, 0.25) is 0 Å². The number of amides is 1. The number of nitrogens with one attached hydrogen (secondary N) is 1. The lowest BCUT2D eigenvalue weighted by atomic mass is 10.1. The fourth-order valence-corrected chi connectivity index (χ4v) is 3.47. The Morgan fingerprint density at radius 2 is 1.64 bits per heavy atom. The van der Waals surface area contributed by atoms with Crippen molar-refractivity contribution in [3.63, 3.8) is 0 Å². The van der Waals surface area contributed by atoms with E-state index in [4.69, 9.17) is 16.7 Å². The zero-order chi connectivity index (χ0) is 15.7. The summed E-state index contributed by atoms with van der Waals surface area (Å²) in [6, 6.07) is 13.6. The summed E-state index contributed by atoms with van der Waals surface area (Å²) in [5.74, 6) is -1.47. The summed E-state index contributed by atoms with van der Waals surface area (Å²) < 4.78 is 0.535. The Balaban J connectivity index is 2.00. The van der Waals surface area contributed by atoms with Crippen molar-refractivity contribution < 1.29 is 14.7 Å². The lowest BCUT2D eigenvalue weighted by Gasteiger charge is -2.07. The van der Waals surface area contributed by atoms with Gasteiger partial charge in [0.1, 0.15) is 9.21 Å². The van der Waals surface area contributed by atoms with Gasteiger partial charge in [-0.1, -0.05) is 48.0 Å². The van der Waals surface area contributed by atoms with Crippen LogP contribution in [0.15, 0.2) is 48.5 Å². The van der Waals surface area contributed by atoms with E-state index in [0.717, 1.165) is 10.8 Å². The van der Waals surface area contributed by atoms with Crippen LogP contribution in [-0.2, 0) is 0 Å². The molecule has 1 aromatic heterocycles. The predicted molar refractivity (Wildman–Crippen MR) is 88.2 cm³/mol.